The maximum Gasteiger partial charge on any atom is 0.328 e. The third-order valence-electron chi connectivity index (χ3n) is 5.67. The first-order valence-corrected chi connectivity index (χ1v) is 11.8. The summed E-state index contributed by atoms with van der Waals surface area (Å²) in [6, 6.07) is 9.29. The Hall–Kier alpha value is -2.62. The molecule has 0 bridgehead atoms. The molecule has 8 nitrogen and oxygen atoms in total. The molecule has 1 saturated heterocycles. The Labute approximate surface area is 185 Å². The molecule has 164 valence electrons. The minimum absolute atomic E-state index is 0.0462. The van der Waals surface area contributed by atoms with Crippen molar-refractivity contribution in [3.63, 3.8) is 0 Å². The van der Waals surface area contributed by atoms with E-state index in [-0.39, 0.29) is 21.2 Å². The zero-order valence-electron chi connectivity index (χ0n) is 17.3. The number of amides is 1. The fourth-order valence-corrected chi connectivity index (χ4v) is 5.62. The number of hydrogen-bond donors (Lipinski definition) is 1. The third-order valence-corrected chi connectivity index (χ3v) is 7.89. The van der Waals surface area contributed by atoms with Gasteiger partial charge in [-0.1, -0.05) is 18.0 Å². The lowest BCUT2D eigenvalue weighted by atomic mass is 10.2. The van der Waals surface area contributed by atoms with E-state index >= 15 is 0 Å². The van der Waals surface area contributed by atoms with Crippen molar-refractivity contribution in [2.24, 2.45) is 14.1 Å². The number of hydrogen-bond acceptors (Lipinski definition) is 4. The molecule has 0 unspecified atom stereocenters. The number of sulfonamides is 1. The van der Waals surface area contributed by atoms with Gasteiger partial charge in [0.1, 0.15) is 0 Å². The van der Waals surface area contributed by atoms with Crippen molar-refractivity contribution < 1.29 is 13.2 Å². The van der Waals surface area contributed by atoms with E-state index in [0.29, 0.717) is 24.3 Å². The summed E-state index contributed by atoms with van der Waals surface area (Å²) in [5.74, 6) is -0.527. The Kier molecular flexibility index (Phi) is 5.67. The monoisotopic (exact) mass is 462 g/mol. The number of imidazole rings is 1. The summed E-state index contributed by atoms with van der Waals surface area (Å²) >= 11 is 6.22. The fourth-order valence-electron chi connectivity index (χ4n) is 3.88. The van der Waals surface area contributed by atoms with E-state index in [1.807, 2.05) is 0 Å². The van der Waals surface area contributed by atoms with Gasteiger partial charge in [0.25, 0.3) is 5.91 Å². The van der Waals surface area contributed by atoms with Gasteiger partial charge in [0, 0.05) is 32.9 Å². The zero-order valence-corrected chi connectivity index (χ0v) is 18.8. The Balaban J connectivity index is 1.64. The Morgan fingerprint density at radius 1 is 0.968 bits per heavy atom. The van der Waals surface area contributed by atoms with E-state index in [1.54, 1.807) is 32.3 Å². The van der Waals surface area contributed by atoms with Crippen molar-refractivity contribution in [2.45, 2.75) is 24.2 Å². The first-order valence-electron chi connectivity index (χ1n) is 9.96. The van der Waals surface area contributed by atoms with Crippen LogP contribution in [-0.2, 0) is 24.1 Å². The summed E-state index contributed by atoms with van der Waals surface area (Å²) in [6.45, 7) is 0.949. The van der Waals surface area contributed by atoms with Crippen molar-refractivity contribution in [3.8, 4) is 0 Å². The van der Waals surface area contributed by atoms with Gasteiger partial charge >= 0.3 is 5.69 Å². The topological polar surface area (TPSA) is 93.4 Å². The second-order valence-corrected chi connectivity index (χ2v) is 10.0. The fraction of sp³-hybridized carbons (Fsp3) is 0.333. The first kappa shape index (κ1) is 21.6. The number of aryl methyl sites for hydroxylation is 2. The predicted molar refractivity (Wildman–Crippen MR) is 120 cm³/mol. The molecule has 2 heterocycles. The number of halogens is 1. The van der Waals surface area contributed by atoms with Gasteiger partial charge in [-0.3, -0.25) is 13.9 Å². The highest BCUT2D eigenvalue weighted by atomic mass is 35.5. The second-order valence-electron chi connectivity index (χ2n) is 7.66. The average Bonchev–Trinajstić information content (AvgIpc) is 2.98. The number of carbonyl (C=O) groups excluding carboxylic acids is 1. The van der Waals surface area contributed by atoms with Gasteiger partial charge < -0.3 is 5.32 Å². The highest BCUT2D eigenvalue weighted by Crippen LogP contribution is 2.26. The van der Waals surface area contributed by atoms with Crippen LogP contribution >= 0.6 is 11.6 Å². The molecule has 4 rings (SSSR count). The van der Waals surface area contributed by atoms with Crippen LogP contribution in [0.25, 0.3) is 11.0 Å². The van der Waals surface area contributed by atoms with Crippen molar-refractivity contribution in [2.75, 3.05) is 18.4 Å². The molecule has 2 aromatic carbocycles. The molecular weight excluding hydrogens is 440 g/mol. The minimum Gasteiger partial charge on any atom is -0.322 e. The number of piperidine rings is 1. The van der Waals surface area contributed by atoms with E-state index in [9.17, 15) is 18.0 Å². The summed E-state index contributed by atoms with van der Waals surface area (Å²) in [5, 5.41) is 2.90. The Morgan fingerprint density at radius 2 is 1.65 bits per heavy atom. The number of aromatic nitrogens is 2. The second kappa shape index (κ2) is 8.14. The Morgan fingerprint density at radius 3 is 2.35 bits per heavy atom. The maximum absolute atomic E-state index is 13.0. The van der Waals surface area contributed by atoms with Crippen LogP contribution in [0.3, 0.4) is 0 Å². The normalized spacial score (nSPS) is 15.3. The molecule has 31 heavy (non-hydrogen) atoms. The first-order chi connectivity index (χ1) is 14.7. The van der Waals surface area contributed by atoms with Gasteiger partial charge in [-0.25, -0.2) is 13.2 Å². The van der Waals surface area contributed by atoms with Crippen LogP contribution in [0.5, 0.6) is 0 Å². The molecule has 1 N–H and O–H groups in total. The third kappa shape index (κ3) is 3.88. The molecule has 1 amide bonds. The van der Waals surface area contributed by atoms with E-state index in [1.165, 1.54) is 31.6 Å². The van der Waals surface area contributed by atoms with Crippen LogP contribution in [0.4, 0.5) is 5.69 Å². The van der Waals surface area contributed by atoms with E-state index in [2.05, 4.69) is 5.32 Å². The zero-order chi connectivity index (χ0) is 22.3. The number of rotatable bonds is 4. The van der Waals surface area contributed by atoms with Gasteiger partial charge in [0.2, 0.25) is 10.0 Å². The van der Waals surface area contributed by atoms with Gasteiger partial charge in [0.05, 0.1) is 26.5 Å². The quantitative estimate of drug-likeness (QED) is 0.645. The summed E-state index contributed by atoms with van der Waals surface area (Å²) in [4.78, 5) is 25.1. The van der Waals surface area contributed by atoms with Crippen molar-refractivity contribution >= 4 is 44.3 Å². The van der Waals surface area contributed by atoms with Gasteiger partial charge in [-0.2, -0.15) is 4.31 Å². The predicted octanol–water partition coefficient (Wildman–Crippen LogP) is 2.96. The molecule has 3 aromatic rings. The highest BCUT2D eigenvalue weighted by molar-refractivity contribution is 7.89. The van der Waals surface area contributed by atoms with Crippen LogP contribution in [0, 0.1) is 0 Å². The van der Waals surface area contributed by atoms with Crippen LogP contribution in [-0.4, -0.2) is 40.9 Å². The molecule has 0 atom stereocenters. The standard InChI is InChI=1S/C21H23ClN4O4S/c1-24-18-9-6-14(12-19(18)25(2)21(24)28)23-20(27)16-13-15(7-8-17(16)22)31(29,30)26-10-4-3-5-11-26/h6-9,12-13H,3-5,10-11H2,1-2H3,(H,23,27). The lowest BCUT2D eigenvalue weighted by Gasteiger charge is -2.26. The molecule has 0 radical (unpaired) electrons. The van der Waals surface area contributed by atoms with Crippen LogP contribution < -0.4 is 11.0 Å². The minimum atomic E-state index is -3.69. The summed E-state index contributed by atoms with van der Waals surface area (Å²) in [5.41, 5.74) is 1.77. The van der Waals surface area contributed by atoms with E-state index in [4.69, 9.17) is 11.6 Å². The van der Waals surface area contributed by atoms with Gasteiger partial charge in [-0.05, 0) is 49.2 Å². The number of carbonyl (C=O) groups is 1. The van der Waals surface area contributed by atoms with Crippen LogP contribution in [0.15, 0.2) is 46.1 Å². The van der Waals surface area contributed by atoms with Crippen LogP contribution in [0.1, 0.15) is 29.6 Å². The number of nitrogens with zero attached hydrogens (tertiary/aromatic N) is 3. The molecule has 0 saturated carbocycles. The van der Waals surface area contributed by atoms with Crippen molar-refractivity contribution in [3.05, 3.63) is 57.5 Å². The molecule has 1 aliphatic rings. The molecule has 10 heteroatoms. The SMILES string of the molecule is Cn1c(=O)n(C)c2cc(NC(=O)c3cc(S(=O)(=O)N4CCCCC4)ccc3Cl)ccc21. The van der Waals surface area contributed by atoms with Gasteiger partial charge in [0.15, 0.2) is 0 Å². The molecule has 1 fully saturated rings. The summed E-state index contributed by atoms with van der Waals surface area (Å²) in [7, 11) is -0.358. The van der Waals surface area contributed by atoms with E-state index in [0.717, 1.165) is 24.8 Å². The molecule has 0 aliphatic carbocycles. The smallest absolute Gasteiger partial charge is 0.322 e. The van der Waals surface area contributed by atoms with Crippen LogP contribution in [0.2, 0.25) is 5.02 Å². The lowest BCUT2D eigenvalue weighted by molar-refractivity contribution is 0.102. The maximum atomic E-state index is 13.0. The largest absolute Gasteiger partial charge is 0.328 e. The summed E-state index contributed by atoms with van der Waals surface area (Å²) < 4.78 is 30.4. The summed E-state index contributed by atoms with van der Waals surface area (Å²) in [6.07, 6.45) is 2.66. The Bertz CT molecular complexity index is 1340. The van der Waals surface area contributed by atoms with Gasteiger partial charge in [-0.15, -0.1) is 0 Å². The molecule has 1 aliphatic heterocycles. The average molecular weight is 463 g/mol. The number of benzene rings is 2. The number of anilines is 1. The van der Waals surface area contributed by atoms with Crippen molar-refractivity contribution in [1.29, 1.82) is 0 Å². The lowest BCUT2D eigenvalue weighted by Crippen LogP contribution is -2.35. The van der Waals surface area contributed by atoms with Crippen molar-refractivity contribution in [1.82, 2.24) is 13.4 Å². The molecule has 0 spiro atoms. The molecular formula is C21H23ClN4O4S. The number of nitrogens with one attached hydrogen (secondary N) is 1. The number of fused-ring (bicyclic) bond motifs is 1. The molecule has 1 aromatic heterocycles. The highest BCUT2D eigenvalue weighted by Gasteiger charge is 2.27. The van der Waals surface area contributed by atoms with E-state index < -0.39 is 15.9 Å².